The number of fused-ring (bicyclic) bond motifs is 2. The number of ether oxygens (including phenoxy) is 1. The van der Waals surface area contributed by atoms with E-state index in [4.69, 9.17) is 9.15 Å². The van der Waals surface area contributed by atoms with Crippen LogP contribution in [-0.4, -0.2) is 19.7 Å². The van der Waals surface area contributed by atoms with Crippen LogP contribution in [0.15, 0.2) is 70.1 Å². The van der Waals surface area contributed by atoms with Crippen molar-refractivity contribution in [3.63, 3.8) is 0 Å². The number of nitrogens with one attached hydrogen (secondary N) is 1. The smallest absolute Gasteiger partial charge is 0.192 e. The Hall–Kier alpha value is -2.59. The molecule has 2 aromatic carbocycles. The minimum absolute atomic E-state index is 0.00634. The number of aryl methyl sites for hydroxylation is 1. The van der Waals surface area contributed by atoms with E-state index in [0.29, 0.717) is 11.0 Å². The number of para-hydroxylation sites is 2. The summed E-state index contributed by atoms with van der Waals surface area (Å²) < 4.78 is 10.5. The fourth-order valence-electron chi connectivity index (χ4n) is 3.13. The van der Waals surface area contributed by atoms with E-state index in [9.17, 15) is 4.79 Å². The van der Waals surface area contributed by atoms with Gasteiger partial charge in [0.15, 0.2) is 5.43 Å². The number of piperidine rings is 1. The molecule has 3 aromatic rings. The molecular formula is C23H27NO3. The second-order valence-corrected chi connectivity index (χ2v) is 6.65. The third-order valence-electron chi connectivity index (χ3n) is 4.59. The number of rotatable bonds is 0. The van der Waals surface area contributed by atoms with E-state index in [0.717, 1.165) is 18.8 Å². The van der Waals surface area contributed by atoms with Crippen LogP contribution in [-0.2, 0) is 6.42 Å². The van der Waals surface area contributed by atoms with Gasteiger partial charge in [-0.25, -0.2) is 0 Å². The Labute approximate surface area is 160 Å². The first-order valence-electron chi connectivity index (χ1n) is 9.72. The summed E-state index contributed by atoms with van der Waals surface area (Å²) in [5.41, 5.74) is 2.00. The van der Waals surface area contributed by atoms with E-state index < -0.39 is 0 Å². The van der Waals surface area contributed by atoms with Crippen molar-refractivity contribution >= 4 is 11.0 Å². The van der Waals surface area contributed by atoms with Gasteiger partial charge in [-0.05, 0) is 62.5 Å². The van der Waals surface area contributed by atoms with Crippen molar-refractivity contribution in [1.82, 2.24) is 5.32 Å². The van der Waals surface area contributed by atoms with Crippen molar-refractivity contribution in [3.8, 4) is 5.75 Å². The van der Waals surface area contributed by atoms with Gasteiger partial charge >= 0.3 is 0 Å². The lowest BCUT2D eigenvalue weighted by atomic mass is 10.1. The normalized spacial score (nSPS) is 15.3. The molecule has 4 nitrogen and oxygen atoms in total. The first-order valence-corrected chi connectivity index (χ1v) is 9.72. The van der Waals surface area contributed by atoms with E-state index in [1.165, 1.54) is 56.7 Å². The van der Waals surface area contributed by atoms with E-state index in [1.807, 2.05) is 24.3 Å². The lowest BCUT2D eigenvalue weighted by Gasteiger charge is -2.15. The molecule has 2 aliphatic heterocycles. The summed E-state index contributed by atoms with van der Waals surface area (Å²) in [6, 6.07) is 16.9. The third-order valence-corrected chi connectivity index (χ3v) is 4.59. The summed E-state index contributed by atoms with van der Waals surface area (Å²) in [4.78, 5) is 11.1. The van der Waals surface area contributed by atoms with Crippen LogP contribution in [0.3, 0.4) is 0 Å². The zero-order valence-electron chi connectivity index (χ0n) is 15.7. The zero-order chi connectivity index (χ0) is 18.7. The number of benzene rings is 2. The van der Waals surface area contributed by atoms with Crippen molar-refractivity contribution in [2.75, 3.05) is 19.7 Å². The summed E-state index contributed by atoms with van der Waals surface area (Å²) >= 11 is 0. The molecule has 2 aliphatic rings. The molecule has 1 fully saturated rings. The second kappa shape index (κ2) is 10.5. The predicted octanol–water partition coefficient (Wildman–Crippen LogP) is 4.56. The van der Waals surface area contributed by atoms with Crippen LogP contribution in [0, 0.1) is 0 Å². The molecule has 3 heterocycles. The van der Waals surface area contributed by atoms with Gasteiger partial charge in [-0.2, -0.15) is 0 Å². The van der Waals surface area contributed by atoms with Crippen molar-refractivity contribution in [2.45, 2.75) is 32.1 Å². The fourth-order valence-corrected chi connectivity index (χ4v) is 3.13. The zero-order valence-corrected chi connectivity index (χ0v) is 15.7. The maximum Gasteiger partial charge on any atom is 0.192 e. The minimum Gasteiger partial charge on any atom is -0.493 e. The number of hydrogen-bond acceptors (Lipinski definition) is 4. The maximum absolute atomic E-state index is 11.1. The topological polar surface area (TPSA) is 51.5 Å². The third kappa shape index (κ3) is 5.97. The van der Waals surface area contributed by atoms with Crippen LogP contribution >= 0.6 is 0 Å². The molecule has 0 radical (unpaired) electrons. The summed E-state index contributed by atoms with van der Waals surface area (Å²) in [6.07, 6.45) is 7.96. The minimum atomic E-state index is 0.00634. The van der Waals surface area contributed by atoms with Gasteiger partial charge in [0, 0.05) is 6.07 Å². The molecule has 27 heavy (non-hydrogen) atoms. The molecule has 142 valence electrons. The van der Waals surface area contributed by atoms with E-state index in [2.05, 4.69) is 17.4 Å². The van der Waals surface area contributed by atoms with Gasteiger partial charge in [-0.15, -0.1) is 0 Å². The first-order chi connectivity index (χ1) is 13.3. The lowest BCUT2D eigenvalue weighted by molar-refractivity contribution is 0.288. The van der Waals surface area contributed by atoms with Crippen molar-refractivity contribution in [2.24, 2.45) is 0 Å². The van der Waals surface area contributed by atoms with Gasteiger partial charge in [-0.3, -0.25) is 4.79 Å². The van der Waals surface area contributed by atoms with Gasteiger partial charge in [0.1, 0.15) is 11.3 Å². The van der Waals surface area contributed by atoms with Gasteiger partial charge in [0.2, 0.25) is 0 Å². The second-order valence-electron chi connectivity index (χ2n) is 6.65. The SMILES string of the molecule is C1CCNCC1.O=c1ccoc2ccccc12.c1ccc2c(c1)CCCO2. The van der Waals surface area contributed by atoms with Crippen LogP contribution in [0.5, 0.6) is 5.75 Å². The van der Waals surface area contributed by atoms with Crippen LogP contribution in [0.25, 0.3) is 11.0 Å². The Morgan fingerprint density at radius 2 is 1.59 bits per heavy atom. The molecule has 0 aliphatic carbocycles. The van der Waals surface area contributed by atoms with E-state index in [-0.39, 0.29) is 5.43 Å². The maximum atomic E-state index is 11.1. The van der Waals surface area contributed by atoms with Gasteiger partial charge < -0.3 is 14.5 Å². The molecule has 5 rings (SSSR count). The highest BCUT2D eigenvalue weighted by molar-refractivity contribution is 5.75. The Bertz CT molecular complexity index is 842. The Morgan fingerprint density at radius 3 is 2.30 bits per heavy atom. The molecule has 0 unspecified atom stereocenters. The van der Waals surface area contributed by atoms with Crippen molar-refractivity contribution in [3.05, 3.63) is 76.6 Å². The molecule has 0 spiro atoms. The molecule has 1 saturated heterocycles. The van der Waals surface area contributed by atoms with Gasteiger partial charge in [0.25, 0.3) is 0 Å². The van der Waals surface area contributed by atoms with Crippen LogP contribution in [0.2, 0.25) is 0 Å². The molecule has 1 N–H and O–H groups in total. The Morgan fingerprint density at radius 1 is 0.815 bits per heavy atom. The highest BCUT2D eigenvalue weighted by Crippen LogP contribution is 2.23. The molecule has 1 aromatic heterocycles. The molecule has 0 amide bonds. The van der Waals surface area contributed by atoms with Crippen molar-refractivity contribution < 1.29 is 9.15 Å². The van der Waals surface area contributed by atoms with E-state index in [1.54, 1.807) is 12.1 Å². The highest BCUT2D eigenvalue weighted by Gasteiger charge is 2.07. The fraction of sp³-hybridized carbons (Fsp3) is 0.348. The average Bonchev–Trinajstić information content (AvgIpc) is 2.76. The molecule has 0 atom stereocenters. The molecule has 0 bridgehead atoms. The van der Waals surface area contributed by atoms with Gasteiger partial charge in [-0.1, -0.05) is 36.8 Å². The Balaban J connectivity index is 0.000000122. The first kappa shape index (κ1) is 19.2. The number of hydrogen-bond donors (Lipinski definition) is 1. The monoisotopic (exact) mass is 365 g/mol. The quantitative estimate of drug-likeness (QED) is 0.634. The molecule has 0 saturated carbocycles. The average molecular weight is 365 g/mol. The lowest BCUT2D eigenvalue weighted by Crippen LogP contribution is -2.21. The summed E-state index contributed by atoms with van der Waals surface area (Å²) in [7, 11) is 0. The summed E-state index contributed by atoms with van der Waals surface area (Å²) in [5.74, 6) is 1.08. The van der Waals surface area contributed by atoms with Gasteiger partial charge in [0.05, 0.1) is 18.3 Å². The molecule has 4 heteroatoms. The van der Waals surface area contributed by atoms with Crippen LogP contribution < -0.4 is 15.5 Å². The van der Waals surface area contributed by atoms with Crippen molar-refractivity contribution in [1.29, 1.82) is 0 Å². The van der Waals surface area contributed by atoms with Crippen LogP contribution in [0.4, 0.5) is 0 Å². The predicted molar refractivity (Wildman–Crippen MR) is 109 cm³/mol. The highest BCUT2D eigenvalue weighted by atomic mass is 16.5. The standard InChI is InChI=1S/C9H6O2.C9H10O.C5H11N/c10-8-5-6-11-9-4-2-1-3-7(8)9;1-2-6-9-8(4-1)5-3-7-10-9;1-2-4-6-5-3-1/h1-6H;1-2,4,6H,3,5,7H2;6H,1-5H2. The molecular weight excluding hydrogens is 338 g/mol. The summed E-state index contributed by atoms with van der Waals surface area (Å²) in [6.45, 7) is 3.39. The summed E-state index contributed by atoms with van der Waals surface area (Å²) in [5, 5.41) is 3.92. The van der Waals surface area contributed by atoms with Crippen LogP contribution in [0.1, 0.15) is 31.2 Å². The Kier molecular flexibility index (Phi) is 7.48. The largest absolute Gasteiger partial charge is 0.493 e. The van der Waals surface area contributed by atoms with E-state index >= 15 is 0 Å².